The summed E-state index contributed by atoms with van der Waals surface area (Å²) in [6.07, 6.45) is 0. The zero-order chi connectivity index (χ0) is 14.0. The lowest BCUT2D eigenvalue weighted by Gasteiger charge is -2.06. The molecule has 0 aliphatic heterocycles. The third-order valence-corrected chi connectivity index (χ3v) is 3.70. The quantitative estimate of drug-likeness (QED) is 0.906. The molecular weight excluding hydrogens is 291 g/mol. The number of rotatable bonds is 4. The van der Waals surface area contributed by atoms with Gasteiger partial charge in [-0.2, -0.15) is 4.37 Å². The molecule has 1 heterocycles. The second-order valence-corrected chi connectivity index (χ2v) is 5.06. The molecule has 1 aromatic carbocycles. The van der Waals surface area contributed by atoms with Crippen molar-refractivity contribution in [1.82, 2.24) is 4.37 Å². The zero-order valence-electron chi connectivity index (χ0n) is 9.91. The van der Waals surface area contributed by atoms with Gasteiger partial charge in [-0.3, -0.25) is 0 Å². The Morgan fingerprint density at radius 1 is 1.58 bits per heavy atom. The van der Waals surface area contributed by atoms with Crippen LogP contribution in [0.5, 0.6) is 0 Å². The van der Waals surface area contributed by atoms with E-state index in [1.807, 2.05) is 0 Å². The predicted octanol–water partition coefficient (Wildman–Crippen LogP) is 3.55. The van der Waals surface area contributed by atoms with Crippen LogP contribution in [0.15, 0.2) is 18.2 Å². The molecule has 0 fully saturated rings. The second kappa shape index (κ2) is 5.54. The predicted molar refractivity (Wildman–Crippen MR) is 72.5 cm³/mol. The minimum atomic E-state index is -1.02. The van der Waals surface area contributed by atoms with E-state index in [0.29, 0.717) is 17.2 Å². The SMILES string of the molecule is Cc1nsc(NCc2ccc(F)c(Cl)c2)c1C(=O)O. The Hall–Kier alpha value is -1.66. The Bertz CT molecular complexity index is 630. The number of hydrogen-bond donors (Lipinski definition) is 2. The molecule has 4 nitrogen and oxygen atoms in total. The maximum absolute atomic E-state index is 13.0. The average Bonchev–Trinajstić information content (AvgIpc) is 2.72. The molecule has 0 unspecified atom stereocenters. The number of hydrogen-bond acceptors (Lipinski definition) is 4. The maximum atomic E-state index is 13.0. The van der Waals surface area contributed by atoms with Crippen molar-refractivity contribution in [1.29, 1.82) is 0 Å². The number of carbonyl (C=O) groups is 1. The lowest BCUT2D eigenvalue weighted by molar-refractivity contribution is 0.0697. The van der Waals surface area contributed by atoms with Crippen molar-refractivity contribution in [2.45, 2.75) is 13.5 Å². The Kier molecular flexibility index (Phi) is 4.01. The van der Waals surface area contributed by atoms with E-state index in [2.05, 4.69) is 9.69 Å². The summed E-state index contributed by atoms with van der Waals surface area (Å²) in [5.74, 6) is -1.50. The fourth-order valence-corrected chi connectivity index (χ4v) is 2.56. The molecule has 0 spiro atoms. The van der Waals surface area contributed by atoms with Gasteiger partial charge in [0.25, 0.3) is 0 Å². The number of benzene rings is 1. The van der Waals surface area contributed by atoms with Crippen molar-refractivity contribution < 1.29 is 14.3 Å². The van der Waals surface area contributed by atoms with Crippen LogP contribution in [0.4, 0.5) is 9.39 Å². The number of carboxylic acids is 1. The molecule has 2 N–H and O–H groups in total. The summed E-state index contributed by atoms with van der Waals surface area (Å²) in [6.45, 7) is 1.99. The van der Waals surface area contributed by atoms with Crippen LogP contribution in [0, 0.1) is 12.7 Å². The largest absolute Gasteiger partial charge is 0.478 e. The van der Waals surface area contributed by atoms with Crippen LogP contribution in [0.1, 0.15) is 21.6 Å². The van der Waals surface area contributed by atoms with E-state index in [1.54, 1.807) is 13.0 Å². The summed E-state index contributed by atoms with van der Waals surface area (Å²) >= 11 is 6.76. The first-order valence-corrected chi connectivity index (χ1v) is 6.51. The van der Waals surface area contributed by atoms with Crippen molar-refractivity contribution in [2.75, 3.05) is 5.32 Å². The Morgan fingerprint density at radius 2 is 2.32 bits per heavy atom. The maximum Gasteiger partial charge on any atom is 0.340 e. The number of aromatic nitrogens is 1. The first-order chi connectivity index (χ1) is 8.99. The van der Waals surface area contributed by atoms with E-state index in [1.165, 1.54) is 12.1 Å². The van der Waals surface area contributed by atoms with Gasteiger partial charge in [0.1, 0.15) is 16.4 Å². The summed E-state index contributed by atoms with van der Waals surface area (Å²) < 4.78 is 17.0. The molecule has 0 atom stereocenters. The van der Waals surface area contributed by atoms with Gasteiger partial charge < -0.3 is 10.4 Å². The topological polar surface area (TPSA) is 62.2 Å². The number of carboxylic acid groups (broad SMARTS) is 1. The highest BCUT2D eigenvalue weighted by atomic mass is 35.5. The van der Waals surface area contributed by atoms with Crippen molar-refractivity contribution in [3.8, 4) is 0 Å². The molecule has 0 amide bonds. The molecule has 0 aliphatic rings. The Morgan fingerprint density at radius 3 is 2.95 bits per heavy atom. The molecule has 0 aliphatic carbocycles. The van der Waals surface area contributed by atoms with Crippen molar-refractivity contribution in [2.24, 2.45) is 0 Å². The molecule has 0 bridgehead atoms. The highest BCUT2D eigenvalue weighted by Crippen LogP contribution is 2.25. The van der Waals surface area contributed by atoms with E-state index < -0.39 is 11.8 Å². The van der Waals surface area contributed by atoms with E-state index in [4.69, 9.17) is 16.7 Å². The fraction of sp³-hybridized carbons (Fsp3) is 0.167. The number of nitrogens with zero attached hydrogens (tertiary/aromatic N) is 1. The summed E-state index contributed by atoms with van der Waals surface area (Å²) in [6, 6.07) is 4.36. The standard InChI is InChI=1S/C12H10ClFN2O2S/c1-6-10(12(17)18)11(19-16-6)15-5-7-2-3-9(14)8(13)4-7/h2-4,15H,5H2,1H3,(H,17,18). The normalized spacial score (nSPS) is 10.5. The van der Waals surface area contributed by atoms with Gasteiger partial charge in [-0.1, -0.05) is 17.7 Å². The van der Waals surface area contributed by atoms with Crippen LogP contribution >= 0.6 is 23.1 Å². The van der Waals surface area contributed by atoms with Gasteiger partial charge >= 0.3 is 5.97 Å². The first kappa shape index (κ1) is 13.8. The molecule has 100 valence electrons. The number of aromatic carboxylic acids is 1. The number of anilines is 1. The van der Waals surface area contributed by atoms with Crippen LogP contribution in [-0.4, -0.2) is 15.4 Å². The third kappa shape index (κ3) is 3.02. The summed E-state index contributed by atoms with van der Waals surface area (Å²) in [7, 11) is 0. The molecule has 2 aromatic rings. The molecule has 2 rings (SSSR count). The van der Waals surface area contributed by atoms with Gasteiger partial charge in [0.05, 0.1) is 10.7 Å². The van der Waals surface area contributed by atoms with Crippen molar-refractivity contribution in [3.05, 3.63) is 45.9 Å². The van der Waals surface area contributed by atoms with Crippen molar-refractivity contribution >= 4 is 34.1 Å². The minimum absolute atomic E-state index is 0.0400. The number of nitrogens with one attached hydrogen (secondary N) is 1. The third-order valence-electron chi connectivity index (χ3n) is 2.51. The Balaban J connectivity index is 2.14. The first-order valence-electron chi connectivity index (χ1n) is 5.36. The number of aryl methyl sites for hydroxylation is 1. The van der Waals surface area contributed by atoms with E-state index in [-0.39, 0.29) is 10.6 Å². The smallest absolute Gasteiger partial charge is 0.340 e. The van der Waals surface area contributed by atoms with Crippen LogP contribution < -0.4 is 5.32 Å². The molecule has 0 radical (unpaired) electrons. The highest BCUT2D eigenvalue weighted by Gasteiger charge is 2.17. The average molecular weight is 301 g/mol. The number of halogens is 2. The molecule has 0 saturated heterocycles. The highest BCUT2D eigenvalue weighted by molar-refractivity contribution is 7.10. The molecule has 0 saturated carbocycles. The minimum Gasteiger partial charge on any atom is -0.478 e. The zero-order valence-corrected chi connectivity index (χ0v) is 11.5. The second-order valence-electron chi connectivity index (χ2n) is 3.88. The van der Waals surface area contributed by atoms with E-state index in [9.17, 15) is 9.18 Å². The van der Waals surface area contributed by atoms with Crippen LogP contribution in [0.3, 0.4) is 0 Å². The van der Waals surface area contributed by atoms with E-state index >= 15 is 0 Å². The Labute approximate surface area is 118 Å². The lowest BCUT2D eigenvalue weighted by Crippen LogP contribution is -2.05. The molecule has 1 aromatic heterocycles. The van der Waals surface area contributed by atoms with Crippen LogP contribution in [0.2, 0.25) is 5.02 Å². The monoisotopic (exact) mass is 300 g/mol. The van der Waals surface area contributed by atoms with Gasteiger partial charge in [-0.05, 0) is 36.2 Å². The van der Waals surface area contributed by atoms with Crippen molar-refractivity contribution in [3.63, 3.8) is 0 Å². The van der Waals surface area contributed by atoms with Crippen LogP contribution in [-0.2, 0) is 6.54 Å². The summed E-state index contributed by atoms with van der Waals surface area (Å²) in [5.41, 5.74) is 1.39. The van der Waals surface area contributed by atoms with E-state index in [0.717, 1.165) is 17.1 Å². The van der Waals surface area contributed by atoms with Gasteiger partial charge in [0, 0.05) is 6.54 Å². The fourth-order valence-electron chi connectivity index (χ4n) is 1.57. The van der Waals surface area contributed by atoms with Gasteiger partial charge in [-0.25, -0.2) is 9.18 Å². The lowest BCUT2D eigenvalue weighted by atomic mass is 10.2. The van der Waals surface area contributed by atoms with Crippen LogP contribution in [0.25, 0.3) is 0 Å². The molecule has 19 heavy (non-hydrogen) atoms. The van der Waals surface area contributed by atoms with Gasteiger partial charge in [-0.15, -0.1) is 0 Å². The summed E-state index contributed by atoms with van der Waals surface area (Å²) in [4.78, 5) is 11.1. The summed E-state index contributed by atoms with van der Waals surface area (Å²) in [5, 5.41) is 12.6. The van der Waals surface area contributed by atoms with Gasteiger partial charge in [0.2, 0.25) is 0 Å². The molecule has 7 heteroatoms. The van der Waals surface area contributed by atoms with Gasteiger partial charge in [0.15, 0.2) is 0 Å². The molecular formula is C12H10ClFN2O2S.